The highest BCUT2D eigenvalue weighted by molar-refractivity contribution is 5.86. The van der Waals surface area contributed by atoms with Crippen LogP contribution < -0.4 is 0 Å². The van der Waals surface area contributed by atoms with Gasteiger partial charge in [-0.15, -0.1) is 0 Å². The van der Waals surface area contributed by atoms with E-state index in [4.69, 9.17) is 24.7 Å². The molecule has 0 saturated carbocycles. The first-order valence-electron chi connectivity index (χ1n) is 16.2. The molecule has 0 atom stereocenters. The van der Waals surface area contributed by atoms with E-state index in [0.717, 1.165) is 4.57 Å². The van der Waals surface area contributed by atoms with Crippen molar-refractivity contribution in [3.8, 4) is 0 Å². The van der Waals surface area contributed by atoms with Crippen LogP contribution in [0.2, 0.25) is 0 Å². The number of benzene rings is 1. The Kier molecular flexibility index (Phi) is 1.31. The summed E-state index contributed by atoms with van der Waals surface area (Å²) in [6, 6.07) is -3.43. The molecule has 4 rings (SSSR count). The van der Waals surface area contributed by atoms with Crippen LogP contribution in [0.5, 0.6) is 0 Å². The lowest BCUT2D eigenvalue weighted by Gasteiger charge is -2.24. The molecule has 3 heteroatoms. The molecule has 0 aliphatic carbocycles. The van der Waals surface area contributed by atoms with Crippen LogP contribution in [0.15, 0.2) is 36.4 Å². The zero-order valence-corrected chi connectivity index (χ0v) is 12.8. The van der Waals surface area contributed by atoms with Gasteiger partial charge in [0.15, 0.2) is 0 Å². The maximum Gasteiger partial charge on any atom is 0.0843 e. The highest BCUT2D eigenvalue weighted by atomic mass is 15.1. The summed E-state index contributed by atoms with van der Waals surface area (Å²) in [6.45, 7) is -12.8. The number of pyridine rings is 1. The number of nitrogens with zero attached hydrogens (tertiary/aromatic N) is 3. The third kappa shape index (κ3) is 2.73. The minimum Gasteiger partial charge on any atom is -0.344 e. The van der Waals surface area contributed by atoms with E-state index in [-0.39, 0.29) is 40.8 Å². The lowest BCUT2D eigenvalue weighted by Crippen LogP contribution is -2.27. The molecule has 124 valence electrons. The minimum absolute atomic E-state index is 0.0875. The number of hydrogen-bond donors (Lipinski definition) is 0. The van der Waals surface area contributed by atoms with E-state index in [1.54, 1.807) is 0 Å². The van der Waals surface area contributed by atoms with Gasteiger partial charge in [-0.25, -0.2) is 0 Å². The van der Waals surface area contributed by atoms with Gasteiger partial charge in [0.05, 0.1) is 8.22 Å². The van der Waals surface area contributed by atoms with Gasteiger partial charge in [-0.1, -0.05) is 17.6 Å². The van der Waals surface area contributed by atoms with Crippen LogP contribution >= 0.6 is 0 Å². The van der Waals surface area contributed by atoms with Crippen molar-refractivity contribution in [3.05, 3.63) is 64.5 Å². The average molecular weight is 338 g/mol. The summed E-state index contributed by atoms with van der Waals surface area (Å²) in [5.41, 5.74) is -3.14. The molecule has 1 aliphatic rings. The quantitative estimate of drug-likeness (QED) is 0.723. The van der Waals surface area contributed by atoms with Gasteiger partial charge in [-0.3, -0.25) is 4.98 Å². The van der Waals surface area contributed by atoms with Crippen LogP contribution in [-0.4, -0.2) is 27.9 Å². The van der Waals surface area contributed by atoms with Gasteiger partial charge < -0.3 is 9.47 Å². The lowest BCUT2D eigenvalue weighted by atomic mass is 10.0. The molecule has 0 radical (unpaired) electrons. The monoisotopic (exact) mass is 337 g/mol. The SMILES string of the molecule is [2H]c1nc(C)c([2H])c([2H])c1CCn1c2c(c3c([2H])c(C([2H])([2H])[2H])c([2H])c([2H])c31)C([2H])([2H])N(C([2H])([2H])[2H])C([2H])([2H])C2([2H])[2H]. The first-order chi connectivity index (χ1) is 18.8. The largest absolute Gasteiger partial charge is 0.344 e. The first kappa shape index (κ1) is 5.18. The minimum atomic E-state index is -3.57. The third-order valence-electron chi connectivity index (χ3n) is 3.67. The number of aromatic nitrogens is 2. The predicted molar refractivity (Wildman–Crippen MR) is 99.4 cm³/mol. The third-order valence-corrected chi connectivity index (χ3v) is 3.67. The van der Waals surface area contributed by atoms with Crippen LogP contribution in [0.1, 0.15) is 52.8 Å². The van der Waals surface area contributed by atoms with Crippen molar-refractivity contribution in [2.75, 3.05) is 13.5 Å². The number of hydrogen-bond acceptors (Lipinski definition) is 2. The molecule has 3 nitrogen and oxygen atoms in total. The van der Waals surface area contributed by atoms with Gasteiger partial charge >= 0.3 is 0 Å². The van der Waals surface area contributed by atoms with Crippen LogP contribution in [0, 0.1) is 13.8 Å². The van der Waals surface area contributed by atoms with Gasteiger partial charge in [-0.2, -0.15) is 0 Å². The number of aryl methyl sites for hydroxylation is 2. The topological polar surface area (TPSA) is 21.1 Å². The molecule has 24 heavy (non-hydrogen) atoms. The van der Waals surface area contributed by atoms with E-state index in [1.165, 1.54) is 6.92 Å². The molecule has 3 aromatic rings. The van der Waals surface area contributed by atoms with Gasteiger partial charge in [-0.05, 0) is 56.4 Å². The summed E-state index contributed by atoms with van der Waals surface area (Å²) in [6.07, 6.45) is -4.10. The average Bonchev–Trinajstić information content (AvgIpc) is 3.15. The van der Waals surface area contributed by atoms with Crippen molar-refractivity contribution >= 4 is 10.9 Å². The van der Waals surface area contributed by atoms with Crippen molar-refractivity contribution in [3.63, 3.8) is 0 Å². The number of fused-ring (bicyclic) bond motifs is 3. The molecule has 0 amide bonds. The van der Waals surface area contributed by atoms with Crippen molar-refractivity contribution in [2.45, 2.75) is 39.6 Å². The van der Waals surface area contributed by atoms with E-state index in [2.05, 4.69) is 4.98 Å². The van der Waals surface area contributed by atoms with E-state index in [9.17, 15) is 0 Å². The Hall–Kier alpha value is -2.13. The fourth-order valence-corrected chi connectivity index (χ4v) is 2.57. The van der Waals surface area contributed by atoms with Gasteiger partial charge in [0, 0.05) is 70.8 Å². The summed E-state index contributed by atoms with van der Waals surface area (Å²) in [4.78, 5) is 3.61. The molecule has 2 aromatic heterocycles. The van der Waals surface area contributed by atoms with Crippen LogP contribution in [0.4, 0.5) is 0 Å². The number of likely N-dealkylation sites (N-methyl/N-ethyl adjacent to an activating group) is 1. The van der Waals surface area contributed by atoms with Gasteiger partial charge in [0.25, 0.3) is 0 Å². The second kappa shape index (κ2) is 6.06. The molecule has 0 unspecified atom stereocenters. The van der Waals surface area contributed by atoms with Crippen molar-refractivity contribution in [1.82, 2.24) is 14.5 Å². The zero-order chi connectivity index (χ0) is 32.3. The fraction of sp³-hybridized carbons (Fsp3) is 0.381. The van der Waals surface area contributed by atoms with Crippen molar-refractivity contribution in [1.29, 1.82) is 0 Å². The summed E-state index contributed by atoms with van der Waals surface area (Å²) >= 11 is 0. The molecule has 0 bridgehead atoms. The van der Waals surface area contributed by atoms with Crippen molar-refractivity contribution in [2.24, 2.45) is 0 Å². The van der Waals surface area contributed by atoms with Crippen molar-refractivity contribution < 1.29 is 24.7 Å². The maximum absolute atomic E-state index is 8.80. The Morgan fingerprint density at radius 1 is 1.33 bits per heavy atom. The Morgan fingerprint density at radius 3 is 3.17 bits per heavy atom. The standard InChI is InChI=1S/C21H25N3/c1-15-4-7-20-18(12-15)19-14-23(3)10-9-21(19)24(20)11-8-17-6-5-16(2)22-13-17/h4-7,12-13H,8-11,14H2,1-3H3/i1D3,3D3,4D,5D,6D,7D,9D2,10D2,12D,13D,14D2. The summed E-state index contributed by atoms with van der Waals surface area (Å²) in [7, 11) is 0. The molecular weight excluding hydrogens is 294 g/mol. The van der Waals surface area contributed by atoms with Crippen LogP contribution in [0.3, 0.4) is 0 Å². The van der Waals surface area contributed by atoms with E-state index in [1.807, 2.05) is 0 Å². The van der Waals surface area contributed by atoms with Crippen LogP contribution in [0.25, 0.3) is 10.9 Å². The molecule has 0 fully saturated rings. The normalized spacial score (nSPS) is 33.2. The summed E-state index contributed by atoms with van der Waals surface area (Å²) in [5.74, 6) is 0. The smallest absolute Gasteiger partial charge is 0.0843 e. The first-order valence-corrected chi connectivity index (χ1v) is 7.24. The maximum atomic E-state index is 8.80. The highest BCUT2D eigenvalue weighted by Crippen LogP contribution is 2.31. The summed E-state index contributed by atoms with van der Waals surface area (Å²) < 4.78 is 150. The van der Waals surface area contributed by atoms with E-state index >= 15 is 0 Å². The molecule has 1 aromatic carbocycles. The highest BCUT2D eigenvalue weighted by Gasteiger charge is 2.22. The molecule has 0 N–H and O–H groups in total. The van der Waals surface area contributed by atoms with E-state index < -0.39 is 85.6 Å². The second-order valence-corrected chi connectivity index (χ2v) is 5.32. The number of rotatable bonds is 3. The lowest BCUT2D eigenvalue weighted by molar-refractivity contribution is 0.309. The Morgan fingerprint density at radius 2 is 2.29 bits per heavy atom. The molecule has 0 saturated heterocycles. The fourth-order valence-electron chi connectivity index (χ4n) is 2.57. The second-order valence-electron chi connectivity index (χ2n) is 5.32. The summed E-state index contributed by atoms with van der Waals surface area (Å²) in [5, 5.41) is -0.670. The molecule has 0 spiro atoms. The van der Waals surface area contributed by atoms with Gasteiger partial charge in [0.1, 0.15) is 0 Å². The Bertz CT molecular complexity index is 1610. The van der Waals surface area contributed by atoms with E-state index in [0.29, 0.717) is 0 Å². The zero-order valence-electron chi connectivity index (χ0n) is 30.8. The van der Waals surface area contributed by atoms with Crippen LogP contribution in [-0.2, 0) is 25.8 Å². The molecular formula is C21H25N3. The Labute approximate surface area is 169 Å². The molecule has 1 aliphatic heterocycles. The van der Waals surface area contributed by atoms with Gasteiger partial charge in [0.2, 0.25) is 0 Å². The molecule has 3 heterocycles. The predicted octanol–water partition coefficient (Wildman–Crippen LogP) is 3.88. The Balaban J connectivity index is 2.21.